The number of hydrazone groups is 1. The molecule has 10 heteroatoms. The zero-order chi connectivity index (χ0) is 28.4. The maximum atomic E-state index is 15.4. The van der Waals surface area contributed by atoms with E-state index >= 15 is 4.39 Å². The fraction of sp³-hybridized carbons (Fsp3) is 0.387. The number of nitrogens with zero attached hydrogens (tertiary/aromatic N) is 5. The lowest BCUT2D eigenvalue weighted by Gasteiger charge is -2.35. The van der Waals surface area contributed by atoms with Gasteiger partial charge in [0.05, 0.1) is 24.5 Å². The molecule has 2 atom stereocenters. The van der Waals surface area contributed by atoms with E-state index in [4.69, 9.17) is 15.8 Å². The molecule has 2 N–H and O–H groups in total. The molecule has 0 unspecified atom stereocenters. The van der Waals surface area contributed by atoms with Gasteiger partial charge in [-0.15, -0.1) is 4.68 Å². The number of carbonyl (C=O) groups excluding carboxylic acids is 2. The maximum absolute atomic E-state index is 15.4. The molecule has 0 bridgehead atoms. The Morgan fingerprint density at radius 1 is 1.07 bits per heavy atom. The second kappa shape index (κ2) is 9.71. The summed E-state index contributed by atoms with van der Waals surface area (Å²) in [5, 5.41) is 4.74. The number of amides is 2. The second-order valence-corrected chi connectivity index (χ2v) is 11.6. The van der Waals surface area contributed by atoms with Gasteiger partial charge >= 0.3 is 5.82 Å². The molecular weight excluding hydrogens is 526 g/mol. The van der Waals surface area contributed by atoms with Gasteiger partial charge in [0, 0.05) is 36.8 Å². The first-order valence-electron chi connectivity index (χ1n) is 14.2. The summed E-state index contributed by atoms with van der Waals surface area (Å²) in [5.74, 6) is -0.614. The van der Waals surface area contributed by atoms with Crippen LogP contribution >= 0.6 is 0 Å². The van der Waals surface area contributed by atoms with Gasteiger partial charge in [0.2, 0.25) is 11.6 Å². The van der Waals surface area contributed by atoms with E-state index < -0.39 is 5.82 Å². The largest absolute Gasteiger partial charge is 0.371 e. The minimum absolute atomic E-state index is 0.157. The third kappa shape index (κ3) is 4.55. The summed E-state index contributed by atoms with van der Waals surface area (Å²) in [5.41, 5.74) is 10.3. The monoisotopic (exact) mass is 557 g/mol. The van der Waals surface area contributed by atoms with Crippen LogP contribution in [0, 0.1) is 23.5 Å². The summed E-state index contributed by atoms with van der Waals surface area (Å²) in [6, 6.07) is 9.53. The number of allylic oxidation sites excluding steroid dienone is 1. The first-order valence-corrected chi connectivity index (χ1v) is 14.2. The van der Waals surface area contributed by atoms with Crippen LogP contribution in [0.5, 0.6) is 0 Å². The van der Waals surface area contributed by atoms with Crippen molar-refractivity contribution in [2.45, 2.75) is 45.1 Å². The molecule has 41 heavy (non-hydrogen) atoms. The molecule has 7 rings (SSSR count). The normalized spacial score (nSPS) is 23.6. The number of fused-ring (bicyclic) bond motifs is 2. The minimum atomic E-state index is -0.415. The predicted molar refractivity (Wildman–Crippen MR) is 151 cm³/mol. The van der Waals surface area contributed by atoms with E-state index in [0.29, 0.717) is 73.3 Å². The Hall–Kier alpha value is -4.21. The highest BCUT2D eigenvalue weighted by atomic mass is 19.1. The quantitative estimate of drug-likeness (QED) is 0.569. The Balaban J connectivity index is 1.16. The van der Waals surface area contributed by atoms with Crippen LogP contribution in [0.25, 0.3) is 0 Å². The zero-order valence-corrected chi connectivity index (χ0v) is 22.8. The Morgan fingerprint density at radius 2 is 1.90 bits per heavy atom. The summed E-state index contributed by atoms with van der Waals surface area (Å²) in [4.78, 5) is 33.8. The number of nitrogens with two attached hydrogens (primary N) is 1. The second-order valence-electron chi connectivity index (χ2n) is 11.6. The third-order valence-electron chi connectivity index (χ3n) is 8.95. The molecule has 4 aliphatic heterocycles. The standard InChI is InChI=1S/C31H30F2N6O2/c1-17-24-12-21(32)5-4-18(24)9-11-38(17)31(41)27-14-28(19-2-3-19)39-29(35-27)15-26(36-39)23-7-6-22(13-25(23)33)37-10-8-20(16-37)30(34)40/h4-7,12-13,15,17,19-20H,2-3,8-11,14,16H2,1H3,(H-,34,40)/p+1/t17-,20+/m1/s1. The van der Waals surface area contributed by atoms with Gasteiger partial charge in [-0.2, -0.15) is 0 Å². The molecule has 2 amide bonds. The molecule has 210 valence electrons. The van der Waals surface area contributed by atoms with Gasteiger partial charge < -0.3 is 15.5 Å². The van der Waals surface area contributed by atoms with Crippen molar-refractivity contribution in [3.63, 3.8) is 0 Å². The molecule has 0 radical (unpaired) electrons. The Kier molecular flexibility index (Phi) is 6.10. The summed E-state index contributed by atoms with van der Waals surface area (Å²) in [7, 11) is 0. The molecule has 1 saturated heterocycles. The van der Waals surface area contributed by atoms with Gasteiger partial charge in [-0.1, -0.05) is 11.2 Å². The lowest BCUT2D eigenvalue weighted by Crippen LogP contribution is -2.44. The van der Waals surface area contributed by atoms with Crippen molar-refractivity contribution in [2.24, 2.45) is 27.7 Å². The van der Waals surface area contributed by atoms with Crippen molar-refractivity contribution in [1.82, 2.24) is 4.90 Å². The first kappa shape index (κ1) is 25.7. The van der Waals surface area contributed by atoms with E-state index in [1.807, 2.05) is 17.9 Å². The molecule has 1 saturated carbocycles. The molecule has 2 fully saturated rings. The lowest BCUT2D eigenvalue weighted by atomic mass is 9.92. The summed E-state index contributed by atoms with van der Waals surface area (Å²) < 4.78 is 31.2. The van der Waals surface area contributed by atoms with Crippen molar-refractivity contribution >= 4 is 34.6 Å². The minimum Gasteiger partial charge on any atom is -0.371 e. The van der Waals surface area contributed by atoms with E-state index in [0.717, 1.165) is 29.7 Å². The van der Waals surface area contributed by atoms with E-state index in [9.17, 15) is 14.0 Å². The molecule has 0 aromatic heterocycles. The zero-order valence-electron chi connectivity index (χ0n) is 22.8. The van der Waals surface area contributed by atoms with Crippen LogP contribution < -0.4 is 10.6 Å². The molecule has 2 aromatic rings. The van der Waals surface area contributed by atoms with E-state index in [2.05, 4.69) is 0 Å². The summed E-state index contributed by atoms with van der Waals surface area (Å²) >= 11 is 0. The van der Waals surface area contributed by atoms with Crippen LogP contribution in [-0.4, -0.2) is 58.2 Å². The van der Waals surface area contributed by atoms with Crippen molar-refractivity contribution in [3.8, 4) is 0 Å². The Labute approximate surface area is 236 Å². The number of rotatable bonds is 5. The highest BCUT2D eigenvalue weighted by Gasteiger charge is 2.44. The van der Waals surface area contributed by atoms with Crippen LogP contribution in [-0.2, 0) is 16.0 Å². The maximum Gasteiger partial charge on any atom is 0.350 e. The number of hydrogen-bond donors (Lipinski definition) is 1. The molecule has 4 heterocycles. The Bertz CT molecular complexity index is 1620. The molecule has 5 aliphatic rings. The molecular formula is C31H31F2N6O2+. The van der Waals surface area contributed by atoms with Gasteiger partial charge in [-0.05, 0) is 79.1 Å². The fourth-order valence-corrected chi connectivity index (χ4v) is 6.44. The molecule has 8 nitrogen and oxygen atoms in total. The number of benzene rings is 2. The number of anilines is 1. The van der Waals surface area contributed by atoms with Crippen molar-refractivity contribution in [1.29, 1.82) is 0 Å². The average molecular weight is 558 g/mol. The van der Waals surface area contributed by atoms with Gasteiger partial charge in [-0.25, -0.2) is 8.78 Å². The van der Waals surface area contributed by atoms with Crippen LogP contribution in [0.1, 0.15) is 55.3 Å². The topological polar surface area (TPSA) is 94.4 Å². The van der Waals surface area contributed by atoms with Crippen LogP contribution in [0.2, 0.25) is 0 Å². The number of primary amides is 1. The van der Waals surface area contributed by atoms with Crippen molar-refractivity contribution in [3.05, 3.63) is 76.6 Å². The molecule has 0 spiro atoms. The summed E-state index contributed by atoms with van der Waals surface area (Å²) in [6.07, 6.45) is 5.47. The number of carbonyl (C=O) groups is 2. The lowest BCUT2D eigenvalue weighted by molar-refractivity contribution is -0.482. The average Bonchev–Trinajstić information content (AvgIpc) is 3.51. The SMILES string of the molecule is C[C@@H]1c2cc(F)ccc2CCN1C(=O)C1=NC2=CC(c3ccc(N4CC[C@H](C(N)=O)C4)cc3F)=N[N+]2=C(C2CC2)C1. The number of aliphatic imine (C=N–C) groups is 1. The van der Waals surface area contributed by atoms with Crippen LogP contribution in [0.15, 0.2) is 58.4 Å². The first-order chi connectivity index (χ1) is 19.8. The Morgan fingerprint density at radius 3 is 2.63 bits per heavy atom. The predicted octanol–water partition coefficient (Wildman–Crippen LogP) is 3.69. The van der Waals surface area contributed by atoms with E-state index in [1.165, 1.54) is 18.2 Å². The van der Waals surface area contributed by atoms with Crippen LogP contribution in [0.4, 0.5) is 14.5 Å². The highest BCUT2D eigenvalue weighted by molar-refractivity contribution is 6.42. The van der Waals surface area contributed by atoms with E-state index in [1.54, 1.807) is 27.8 Å². The van der Waals surface area contributed by atoms with E-state index in [-0.39, 0.29) is 29.6 Å². The fourth-order valence-electron chi connectivity index (χ4n) is 6.44. The van der Waals surface area contributed by atoms with Crippen LogP contribution in [0.3, 0.4) is 0 Å². The molecule has 1 aliphatic carbocycles. The third-order valence-corrected chi connectivity index (χ3v) is 8.95. The van der Waals surface area contributed by atoms with Crippen molar-refractivity contribution in [2.75, 3.05) is 24.5 Å². The smallest absolute Gasteiger partial charge is 0.350 e. The van der Waals surface area contributed by atoms with Gasteiger partial charge in [0.1, 0.15) is 23.1 Å². The van der Waals surface area contributed by atoms with Crippen molar-refractivity contribution < 1.29 is 23.1 Å². The number of halogens is 2. The van der Waals surface area contributed by atoms with Gasteiger partial charge in [0.25, 0.3) is 5.91 Å². The highest BCUT2D eigenvalue weighted by Crippen LogP contribution is 2.37. The summed E-state index contributed by atoms with van der Waals surface area (Å²) in [6.45, 7) is 3.59. The van der Waals surface area contributed by atoms with Gasteiger partial charge in [-0.3, -0.25) is 9.59 Å². The van der Waals surface area contributed by atoms with Gasteiger partial charge in [0.15, 0.2) is 0 Å². The number of hydrogen-bond acceptors (Lipinski definition) is 5. The molecule has 2 aromatic carbocycles.